The van der Waals surface area contributed by atoms with Crippen molar-refractivity contribution < 1.29 is 19.1 Å². The van der Waals surface area contributed by atoms with Gasteiger partial charge in [0.15, 0.2) is 0 Å². The quantitative estimate of drug-likeness (QED) is 0.866. The Balaban J connectivity index is 2.17. The molecule has 0 unspecified atom stereocenters. The molecule has 1 aliphatic carbocycles. The molecule has 1 aromatic carbocycles. The Labute approximate surface area is 130 Å². The van der Waals surface area contributed by atoms with Crippen LogP contribution in [0.15, 0.2) is 22.7 Å². The molecule has 2 N–H and O–H groups in total. The Morgan fingerprint density at radius 3 is 2.52 bits per heavy atom. The summed E-state index contributed by atoms with van der Waals surface area (Å²) in [4.78, 5) is 23.4. The summed E-state index contributed by atoms with van der Waals surface area (Å²) < 4.78 is 13.4. The van der Waals surface area contributed by atoms with E-state index in [4.69, 9.17) is 5.11 Å². The summed E-state index contributed by atoms with van der Waals surface area (Å²) in [7, 11) is 0. The topological polar surface area (TPSA) is 66.4 Å². The Kier molecular flexibility index (Phi) is 4.98. The van der Waals surface area contributed by atoms with E-state index < -0.39 is 17.3 Å². The molecule has 0 radical (unpaired) electrons. The highest BCUT2D eigenvalue weighted by molar-refractivity contribution is 9.10. The van der Waals surface area contributed by atoms with Crippen molar-refractivity contribution in [2.24, 2.45) is 0 Å². The summed E-state index contributed by atoms with van der Waals surface area (Å²) in [6.07, 6.45) is 4.10. The number of hydrogen-bond donors (Lipinski definition) is 2. The van der Waals surface area contributed by atoms with Crippen LogP contribution in [0.4, 0.5) is 4.39 Å². The molecule has 1 amide bonds. The lowest BCUT2D eigenvalue weighted by Gasteiger charge is -2.37. The molecule has 1 fully saturated rings. The van der Waals surface area contributed by atoms with Crippen LogP contribution in [0.1, 0.15) is 48.9 Å². The number of aliphatic carboxylic acids is 1. The summed E-state index contributed by atoms with van der Waals surface area (Å²) in [5.41, 5.74) is -0.374. The number of rotatable bonds is 4. The van der Waals surface area contributed by atoms with E-state index in [2.05, 4.69) is 21.2 Å². The number of benzene rings is 1. The number of carbonyl (C=O) groups is 2. The maximum Gasteiger partial charge on any atom is 0.305 e. The van der Waals surface area contributed by atoms with Crippen LogP contribution in [-0.2, 0) is 4.79 Å². The van der Waals surface area contributed by atoms with Crippen LogP contribution in [0.3, 0.4) is 0 Å². The second kappa shape index (κ2) is 6.56. The number of carboxylic acids is 1. The summed E-state index contributed by atoms with van der Waals surface area (Å²) in [5.74, 6) is -1.72. The minimum absolute atomic E-state index is 0.0822. The molecule has 1 aliphatic rings. The van der Waals surface area contributed by atoms with Crippen LogP contribution in [-0.4, -0.2) is 22.5 Å². The average molecular weight is 358 g/mol. The van der Waals surface area contributed by atoms with Crippen molar-refractivity contribution in [1.29, 1.82) is 0 Å². The van der Waals surface area contributed by atoms with Crippen LogP contribution >= 0.6 is 15.9 Å². The first-order chi connectivity index (χ1) is 9.92. The fourth-order valence-electron chi connectivity index (χ4n) is 2.81. The number of amides is 1. The summed E-state index contributed by atoms with van der Waals surface area (Å²) in [5, 5.41) is 12.0. The molecule has 114 valence electrons. The van der Waals surface area contributed by atoms with E-state index in [1.807, 2.05) is 0 Å². The van der Waals surface area contributed by atoms with E-state index in [-0.39, 0.29) is 16.8 Å². The van der Waals surface area contributed by atoms with Crippen molar-refractivity contribution in [1.82, 2.24) is 5.32 Å². The molecular formula is C15H17BrFNO3. The van der Waals surface area contributed by atoms with Gasteiger partial charge in [-0.3, -0.25) is 9.59 Å². The highest BCUT2D eigenvalue weighted by Gasteiger charge is 2.36. The van der Waals surface area contributed by atoms with Crippen molar-refractivity contribution in [3.8, 4) is 0 Å². The van der Waals surface area contributed by atoms with Gasteiger partial charge in [-0.2, -0.15) is 0 Å². The van der Waals surface area contributed by atoms with Crippen LogP contribution < -0.4 is 5.32 Å². The van der Waals surface area contributed by atoms with Gasteiger partial charge in [0, 0.05) is 5.56 Å². The molecule has 21 heavy (non-hydrogen) atoms. The van der Waals surface area contributed by atoms with Gasteiger partial charge in [-0.25, -0.2) is 4.39 Å². The first kappa shape index (κ1) is 15.9. The minimum Gasteiger partial charge on any atom is -0.481 e. The van der Waals surface area contributed by atoms with Crippen molar-refractivity contribution in [3.63, 3.8) is 0 Å². The molecule has 0 atom stereocenters. The first-order valence-electron chi connectivity index (χ1n) is 6.91. The van der Waals surface area contributed by atoms with E-state index >= 15 is 0 Å². The maximum absolute atomic E-state index is 13.2. The zero-order valence-electron chi connectivity index (χ0n) is 11.5. The van der Waals surface area contributed by atoms with Crippen molar-refractivity contribution in [2.45, 2.75) is 44.1 Å². The molecule has 0 saturated heterocycles. The van der Waals surface area contributed by atoms with Gasteiger partial charge in [-0.15, -0.1) is 0 Å². The van der Waals surface area contributed by atoms with Gasteiger partial charge in [-0.05, 0) is 47.0 Å². The lowest BCUT2D eigenvalue weighted by Crippen LogP contribution is -2.51. The Morgan fingerprint density at radius 1 is 1.29 bits per heavy atom. The van der Waals surface area contributed by atoms with Crippen LogP contribution in [0.2, 0.25) is 0 Å². The second-order valence-electron chi connectivity index (χ2n) is 5.49. The number of carbonyl (C=O) groups excluding carboxylic acids is 1. The van der Waals surface area contributed by atoms with E-state index in [1.165, 1.54) is 18.2 Å². The van der Waals surface area contributed by atoms with Crippen LogP contribution in [0.25, 0.3) is 0 Å². The SMILES string of the molecule is O=C(O)CC1(NC(=O)c2ccc(F)c(Br)c2)CCCCC1. The van der Waals surface area contributed by atoms with Gasteiger partial charge in [-0.1, -0.05) is 19.3 Å². The monoisotopic (exact) mass is 357 g/mol. The zero-order valence-corrected chi connectivity index (χ0v) is 13.1. The largest absolute Gasteiger partial charge is 0.481 e. The van der Waals surface area contributed by atoms with Gasteiger partial charge < -0.3 is 10.4 Å². The standard InChI is InChI=1S/C15H17BrFNO3/c16-11-8-10(4-5-12(11)17)14(21)18-15(9-13(19)20)6-2-1-3-7-15/h4-5,8H,1-3,6-7,9H2,(H,18,21)(H,19,20). The van der Waals surface area contributed by atoms with Crippen LogP contribution in [0.5, 0.6) is 0 Å². The number of carboxylic acid groups (broad SMARTS) is 1. The fraction of sp³-hybridized carbons (Fsp3) is 0.467. The predicted octanol–water partition coefficient (Wildman–Crippen LogP) is 3.50. The summed E-state index contributed by atoms with van der Waals surface area (Å²) in [6, 6.07) is 4.01. The summed E-state index contributed by atoms with van der Waals surface area (Å²) in [6.45, 7) is 0. The summed E-state index contributed by atoms with van der Waals surface area (Å²) >= 11 is 3.04. The number of halogens is 2. The normalized spacial score (nSPS) is 17.2. The molecule has 4 nitrogen and oxygen atoms in total. The van der Waals surface area contributed by atoms with Gasteiger partial charge in [0.25, 0.3) is 5.91 Å². The molecule has 1 aromatic rings. The number of nitrogens with one attached hydrogen (secondary N) is 1. The van der Waals surface area contributed by atoms with E-state index in [9.17, 15) is 14.0 Å². The Morgan fingerprint density at radius 2 is 1.95 bits per heavy atom. The predicted molar refractivity (Wildman–Crippen MR) is 79.6 cm³/mol. The van der Waals surface area contributed by atoms with E-state index in [0.717, 1.165) is 19.3 Å². The molecule has 6 heteroatoms. The first-order valence-corrected chi connectivity index (χ1v) is 7.71. The highest BCUT2D eigenvalue weighted by atomic mass is 79.9. The fourth-order valence-corrected chi connectivity index (χ4v) is 3.19. The van der Waals surface area contributed by atoms with Crippen molar-refractivity contribution >= 4 is 27.8 Å². The second-order valence-corrected chi connectivity index (χ2v) is 6.35. The van der Waals surface area contributed by atoms with Crippen molar-refractivity contribution in [3.05, 3.63) is 34.1 Å². The maximum atomic E-state index is 13.2. The molecule has 2 rings (SSSR count). The van der Waals surface area contributed by atoms with Gasteiger partial charge in [0.05, 0.1) is 16.4 Å². The molecule has 0 aromatic heterocycles. The molecule has 0 heterocycles. The molecular weight excluding hydrogens is 341 g/mol. The zero-order chi connectivity index (χ0) is 15.5. The third-order valence-corrected chi connectivity index (χ3v) is 4.47. The van der Waals surface area contributed by atoms with Gasteiger partial charge in [0.2, 0.25) is 0 Å². The highest BCUT2D eigenvalue weighted by Crippen LogP contribution is 2.31. The lowest BCUT2D eigenvalue weighted by molar-refractivity contribution is -0.139. The van der Waals surface area contributed by atoms with Gasteiger partial charge >= 0.3 is 5.97 Å². The lowest BCUT2D eigenvalue weighted by atomic mass is 9.79. The third kappa shape index (κ3) is 4.03. The van der Waals surface area contributed by atoms with E-state index in [1.54, 1.807) is 0 Å². The smallest absolute Gasteiger partial charge is 0.305 e. The third-order valence-electron chi connectivity index (χ3n) is 3.86. The average Bonchev–Trinajstić information content (AvgIpc) is 2.41. The van der Waals surface area contributed by atoms with Crippen LogP contribution in [0, 0.1) is 5.82 Å². The van der Waals surface area contributed by atoms with Crippen molar-refractivity contribution in [2.75, 3.05) is 0 Å². The minimum atomic E-state index is -0.919. The molecule has 0 bridgehead atoms. The Hall–Kier alpha value is -1.43. The van der Waals surface area contributed by atoms with E-state index in [0.29, 0.717) is 18.4 Å². The molecule has 1 saturated carbocycles. The molecule has 0 aliphatic heterocycles. The number of hydrogen-bond acceptors (Lipinski definition) is 2. The van der Waals surface area contributed by atoms with Gasteiger partial charge in [0.1, 0.15) is 5.82 Å². The Bertz CT molecular complexity index is 556. The molecule has 0 spiro atoms.